The van der Waals surface area contributed by atoms with Crippen molar-refractivity contribution < 1.29 is 19.4 Å². The molecule has 0 bridgehead atoms. The van der Waals surface area contributed by atoms with Crippen molar-refractivity contribution in [3.05, 3.63) is 28.8 Å². The number of nitrogens with one attached hydrogen (secondary N) is 1. The molecule has 1 aromatic rings. The number of carboxylic acids is 1. The third-order valence-corrected chi connectivity index (χ3v) is 2.37. The quantitative estimate of drug-likeness (QED) is 0.867. The molecule has 2 N–H and O–H groups in total. The van der Waals surface area contributed by atoms with Crippen LogP contribution in [0.4, 0.5) is 4.79 Å². The second-order valence-electron chi connectivity index (χ2n) is 3.37. The minimum Gasteiger partial charge on any atom is -0.481 e. The molecule has 0 saturated carbocycles. The number of hydrogen-bond donors (Lipinski definition) is 2. The average molecular weight is 258 g/mol. The summed E-state index contributed by atoms with van der Waals surface area (Å²) in [7, 11) is 0. The molecule has 5 nitrogen and oxygen atoms in total. The SMILES string of the molecule is Cc1cc(OC(=O)NCCC(=O)O)ccc1Cl. The van der Waals surface area contributed by atoms with Gasteiger partial charge in [-0.3, -0.25) is 4.79 Å². The van der Waals surface area contributed by atoms with E-state index in [1.54, 1.807) is 25.1 Å². The predicted octanol–water partition coefficient (Wildman–Crippen LogP) is 2.21. The molecule has 92 valence electrons. The first-order chi connectivity index (χ1) is 7.99. The largest absolute Gasteiger partial charge is 0.481 e. The Kier molecular flexibility index (Phi) is 4.78. The number of ether oxygens (including phenoxy) is 1. The monoisotopic (exact) mass is 257 g/mol. The van der Waals surface area contributed by atoms with Crippen molar-refractivity contribution in [1.29, 1.82) is 0 Å². The average Bonchev–Trinajstić information content (AvgIpc) is 2.23. The fourth-order valence-corrected chi connectivity index (χ4v) is 1.21. The van der Waals surface area contributed by atoms with E-state index < -0.39 is 12.1 Å². The molecule has 0 aliphatic carbocycles. The molecule has 1 rings (SSSR count). The first kappa shape index (κ1) is 13.3. The summed E-state index contributed by atoms with van der Waals surface area (Å²) in [6.07, 6.45) is -0.831. The molecule has 1 amide bonds. The van der Waals surface area contributed by atoms with Crippen molar-refractivity contribution in [2.24, 2.45) is 0 Å². The third-order valence-electron chi connectivity index (χ3n) is 1.95. The summed E-state index contributed by atoms with van der Waals surface area (Å²) >= 11 is 5.81. The van der Waals surface area contributed by atoms with Crippen LogP contribution in [0.5, 0.6) is 5.75 Å². The maximum Gasteiger partial charge on any atom is 0.412 e. The van der Waals surface area contributed by atoms with E-state index in [1.807, 2.05) is 0 Å². The number of hydrogen-bond acceptors (Lipinski definition) is 3. The van der Waals surface area contributed by atoms with E-state index in [4.69, 9.17) is 21.4 Å². The van der Waals surface area contributed by atoms with Crippen LogP contribution in [0.25, 0.3) is 0 Å². The summed E-state index contributed by atoms with van der Waals surface area (Å²) < 4.78 is 4.93. The Labute approximate surface area is 103 Å². The molecule has 0 aromatic heterocycles. The van der Waals surface area contributed by atoms with Crippen molar-refractivity contribution in [2.45, 2.75) is 13.3 Å². The molecular weight excluding hydrogens is 246 g/mol. The predicted molar refractivity (Wildman–Crippen MR) is 62.5 cm³/mol. The number of aliphatic carboxylic acids is 1. The molecule has 6 heteroatoms. The summed E-state index contributed by atoms with van der Waals surface area (Å²) in [6.45, 7) is 1.82. The van der Waals surface area contributed by atoms with E-state index in [0.29, 0.717) is 10.8 Å². The van der Waals surface area contributed by atoms with Crippen molar-refractivity contribution in [1.82, 2.24) is 5.32 Å². The van der Waals surface area contributed by atoms with Crippen LogP contribution in [0, 0.1) is 6.92 Å². The Hall–Kier alpha value is -1.75. The van der Waals surface area contributed by atoms with Gasteiger partial charge < -0.3 is 15.2 Å². The molecule has 0 radical (unpaired) electrons. The molecule has 0 atom stereocenters. The zero-order chi connectivity index (χ0) is 12.8. The highest BCUT2D eigenvalue weighted by Crippen LogP contribution is 2.20. The Bertz CT molecular complexity index is 433. The lowest BCUT2D eigenvalue weighted by Gasteiger charge is -2.06. The lowest BCUT2D eigenvalue weighted by Crippen LogP contribution is -2.28. The number of carbonyl (C=O) groups excluding carboxylic acids is 1. The van der Waals surface area contributed by atoms with Gasteiger partial charge in [0.15, 0.2) is 0 Å². The first-order valence-corrected chi connectivity index (χ1v) is 5.30. The normalized spacial score (nSPS) is 9.76. The number of halogens is 1. The molecule has 0 heterocycles. The van der Waals surface area contributed by atoms with Gasteiger partial charge in [-0.1, -0.05) is 11.6 Å². The van der Waals surface area contributed by atoms with Crippen LogP contribution in [0.3, 0.4) is 0 Å². The summed E-state index contributed by atoms with van der Waals surface area (Å²) in [5, 5.41) is 11.3. The van der Waals surface area contributed by atoms with Gasteiger partial charge in [0, 0.05) is 11.6 Å². The minimum atomic E-state index is -0.979. The number of carboxylic acid groups (broad SMARTS) is 1. The molecule has 0 spiro atoms. The number of carbonyl (C=O) groups is 2. The second-order valence-corrected chi connectivity index (χ2v) is 3.78. The Morgan fingerprint density at radius 3 is 2.76 bits per heavy atom. The molecule has 0 unspecified atom stereocenters. The number of rotatable bonds is 4. The van der Waals surface area contributed by atoms with Gasteiger partial charge in [0.1, 0.15) is 5.75 Å². The highest BCUT2D eigenvalue weighted by Gasteiger charge is 2.06. The fourth-order valence-electron chi connectivity index (χ4n) is 1.10. The van der Waals surface area contributed by atoms with Gasteiger partial charge >= 0.3 is 12.1 Å². The number of amides is 1. The van der Waals surface area contributed by atoms with E-state index in [9.17, 15) is 9.59 Å². The molecule has 0 aliphatic heterocycles. The minimum absolute atomic E-state index is 0.0285. The zero-order valence-corrected chi connectivity index (χ0v) is 9.95. The lowest BCUT2D eigenvalue weighted by molar-refractivity contribution is -0.136. The summed E-state index contributed by atoms with van der Waals surface area (Å²) in [5.74, 6) is -0.618. The van der Waals surface area contributed by atoms with Gasteiger partial charge in [-0.25, -0.2) is 4.79 Å². The second kappa shape index (κ2) is 6.10. The first-order valence-electron chi connectivity index (χ1n) is 4.92. The Morgan fingerprint density at radius 1 is 1.47 bits per heavy atom. The van der Waals surface area contributed by atoms with Gasteiger partial charge in [0.05, 0.1) is 6.42 Å². The van der Waals surface area contributed by atoms with E-state index in [2.05, 4.69) is 5.32 Å². The lowest BCUT2D eigenvalue weighted by atomic mass is 10.2. The van der Waals surface area contributed by atoms with Crippen LogP contribution in [0.15, 0.2) is 18.2 Å². The standard InChI is InChI=1S/C11H12ClNO4/c1-7-6-8(2-3-9(7)12)17-11(16)13-5-4-10(14)15/h2-3,6H,4-5H2,1H3,(H,13,16)(H,14,15). The van der Waals surface area contributed by atoms with Crippen LogP contribution >= 0.6 is 11.6 Å². The zero-order valence-electron chi connectivity index (χ0n) is 9.20. The van der Waals surface area contributed by atoms with Crippen LogP contribution in [-0.2, 0) is 4.79 Å². The van der Waals surface area contributed by atoms with Gasteiger partial charge in [0.25, 0.3) is 0 Å². The van der Waals surface area contributed by atoms with Crippen molar-refractivity contribution >= 4 is 23.7 Å². The van der Waals surface area contributed by atoms with Crippen molar-refractivity contribution in [3.63, 3.8) is 0 Å². The van der Waals surface area contributed by atoms with Gasteiger partial charge in [0.2, 0.25) is 0 Å². The highest BCUT2D eigenvalue weighted by molar-refractivity contribution is 6.31. The Balaban J connectivity index is 2.45. The van der Waals surface area contributed by atoms with E-state index >= 15 is 0 Å². The topological polar surface area (TPSA) is 75.6 Å². The maximum absolute atomic E-state index is 11.2. The van der Waals surface area contributed by atoms with Crippen LogP contribution in [0.2, 0.25) is 5.02 Å². The van der Waals surface area contributed by atoms with Crippen molar-refractivity contribution in [3.8, 4) is 5.75 Å². The van der Waals surface area contributed by atoms with Crippen LogP contribution in [-0.4, -0.2) is 23.7 Å². The molecular formula is C11H12ClNO4. The Morgan fingerprint density at radius 2 is 2.18 bits per heavy atom. The van der Waals surface area contributed by atoms with Crippen LogP contribution < -0.4 is 10.1 Å². The van der Waals surface area contributed by atoms with E-state index in [1.165, 1.54) is 0 Å². The fraction of sp³-hybridized carbons (Fsp3) is 0.273. The summed E-state index contributed by atoms with van der Waals surface area (Å²) in [5.41, 5.74) is 0.794. The molecule has 1 aromatic carbocycles. The number of aryl methyl sites for hydroxylation is 1. The smallest absolute Gasteiger partial charge is 0.412 e. The van der Waals surface area contributed by atoms with Gasteiger partial charge in [-0.05, 0) is 30.7 Å². The summed E-state index contributed by atoms with van der Waals surface area (Å²) in [4.78, 5) is 21.4. The van der Waals surface area contributed by atoms with E-state index in [-0.39, 0.29) is 13.0 Å². The molecule has 0 fully saturated rings. The van der Waals surface area contributed by atoms with Crippen LogP contribution in [0.1, 0.15) is 12.0 Å². The maximum atomic E-state index is 11.2. The number of benzene rings is 1. The highest BCUT2D eigenvalue weighted by atomic mass is 35.5. The third kappa shape index (κ3) is 4.74. The molecule has 0 aliphatic rings. The molecule has 0 saturated heterocycles. The van der Waals surface area contributed by atoms with Crippen molar-refractivity contribution in [2.75, 3.05) is 6.54 Å². The van der Waals surface area contributed by atoms with Gasteiger partial charge in [-0.2, -0.15) is 0 Å². The van der Waals surface area contributed by atoms with E-state index in [0.717, 1.165) is 5.56 Å². The van der Waals surface area contributed by atoms with Gasteiger partial charge in [-0.15, -0.1) is 0 Å². The molecule has 17 heavy (non-hydrogen) atoms. The summed E-state index contributed by atoms with van der Waals surface area (Å²) in [6, 6.07) is 4.81.